The Kier molecular flexibility index (Phi) is 5.87. The predicted octanol–water partition coefficient (Wildman–Crippen LogP) is 2.40. The van der Waals surface area contributed by atoms with E-state index in [4.69, 9.17) is 14.2 Å². The largest absolute Gasteiger partial charge is 0.453 e. The number of methoxy groups -OCH3 is 1. The van der Waals surface area contributed by atoms with E-state index in [1.54, 1.807) is 41.5 Å². The molecule has 1 aliphatic rings. The third-order valence-electron chi connectivity index (χ3n) is 4.51. The maximum atomic E-state index is 14.2. The van der Waals surface area contributed by atoms with Crippen LogP contribution in [-0.4, -0.2) is 47.9 Å². The number of fused-ring (bicyclic) bond motifs is 1. The summed E-state index contributed by atoms with van der Waals surface area (Å²) in [5.41, 5.74) is 1.39. The van der Waals surface area contributed by atoms with Gasteiger partial charge >= 0.3 is 0 Å². The number of ether oxygens (including phenoxy) is 3. The van der Waals surface area contributed by atoms with Gasteiger partial charge in [0, 0.05) is 37.5 Å². The van der Waals surface area contributed by atoms with Crippen LogP contribution in [0.4, 0.5) is 9.52 Å². The quantitative estimate of drug-likeness (QED) is 0.578. The fourth-order valence-electron chi connectivity index (χ4n) is 3.00. The van der Waals surface area contributed by atoms with Gasteiger partial charge in [-0.05, 0) is 18.2 Å². The molecule has 162 valence electrons. The summed E-state index contributed by atoms with van der Waals surface area (Å²) < 4.78 is 31.3. The smallest absolute Gasteiger partial charge is 0.253 e. The summed E-state index contributed by atoms with van der Waals surface area (Å²) in [7, 11) is 3.23. The van der Waals surface area contributed by atoms with E-state index in [-0.39, 0.29) is 19.1 Å². The van der Waals surface area contributed by atoms with Gasteiger partial charge in [-0.15, -0.1) is 11.3 Å². The summed E-state index contributed by atoms with van der Waals surface area (Å²) in [6.07, 6.45) is 3.38. The van der Waals surface area contributed by atoms with E-state index in [1.165, 1.54) is 24.5 Å². The van der Waals surface area contributed by atoms with Gasteiger partial charge in [0.25, 0.3) is 11.8 Å². The van der Waals surface area contributed by atoms with E-state index in [0.29, 0.717) is 27.7 Å². The number of anilines is 1. The van der Waals surface area contributed by atoms with Crippen molar-refractivity contribution in [3.8, 4) is 22.8 Å². The number of carbonyl (C=O) groups excluding carboxylic acids is 2. The highest BCUT2D eigenvalue weighted by Crippen LogP contribution is 2.39. The van der Waals surface area contributed by atoms with Crippen LogP contribution < -0.4 is 20.1 Å². The van der Waals surface area contributed by atoms with Crippen LogP contribution >= 0.6 is 11.3 Å². The zero-order valence-corrected chi connectivity index (χ0v) is 17.5. The minimum Gasteiger partial charge on any atom is -0.453 e. The van der Waals surface area contributed by atoms with Gasteiger partial charge in [0.15, 0.2) is 16.7 Å². The lowest BCUT2D eigenvalue weighted by Crippen LogP contribution is -2.46. The molecule has 2 aromatic heterocycles. The number of aryl methyl sites for hydroxylation is 1. The Labute approximate surface area is 180 Å². The van der Waals surface area contributed by atoms with Gasteiger partial charge in [-0.2, -0.15) is 0 Å². The highest BCUT2D eigenvalue weighted by atomic mass is 32.1. The summed E-state index contributed by atoms with van der Waals surface area (Å²) in [4.78, 5) is 29.4. The molecular formula is C20H19FN4O5S. The standard InChI is InChI=1S/C20H19FN4O5S/c1-25-4-3-11(7-25)18(26)22-14(8-28-2)19(27)24-20-23-15(9-31-20)12-5-13(21)17-16(6-12)29-10-30-17/h3-7,9,14H,8,10H2,1-2H3,(H,22,26)(H,23,24,27). The summed E-state index contributed by atoms with van der Waals surface area (Å²) in [5.74, 6) is -1.05. The molecule has 0 aliphatic carbocycles. The van der Waals surface area contributed by atoms with Crippen LogP contribution in [-0.2, 0) is 16.6 Å². The molecule has 1 atom stereocenters. The highest BCUT2D eigenvalue weighted by molar-refractivity contribution is 7.14. The molecule has 31 heavy (non-hydrogen) atoms. The maximum absolute atomic E-state index is 14.2. The van der Waals surface area contributed by atoms with Crippen LogP contribution in [0.5, 0.6) is 11.5 Å². The fraction of sp³-hybridized carbons (Fsp3) is 0.250. The molecule has 0 saturated heterocycles. The van der Waals surface area contributed by atoms with Crippen molar-refractivity contribution < 1.29 is 28.2 Å². The van der Waals surface area contributed by atoms with Crippen molar-refractivity contribution >= 4 is 28.3 Å². The number of hydrogen-bond acceptors (Lipinski definition) is 7. The van der Waals surface area contributed by atoms with Crippen molar-refractivity contribution in [2.45, 2.75) is 6.04 Å². The van der Waals surface area contributed by atoms with E-state index in [9.17, 15) is 14.0 Å². The van der Waals surface area contributed by atoms with Crippen molar-refractivity contribution in [1.82, 2.24) is 14.9 Å². The number of nitrogens with zero attached hydrogens (tertiary/aromatic N) is 2. The van der Waals surface area contributed by atoms with Gasteiger partial charge in [-0.1, -0.05) is 0 Å². The molecule has 9 nitrogen and oxygen atoms in total. The molecule has 1 aliphatic heterocycles. The lowest BCUT2D eigenvalue weighted by Gasteiger charge is -2.16. The molecule has 4 rings (SSSR count). The van der Waals surface area contributed by atoms with Crippen LogP contribution in [0.2, 0.25) is 0 Å². The Hall–Kier alpha value is -3.44. The lowest BCUT2D eigenvalue weighted by atomic mass is 10.1. The zero-order chi connectivity index (χ0) is 22.0. The van der Waals surface area contributed by atoms with Crippen molar-refractivity contribution in [1.29, 1.82) is 0 Å². The molecule has 0 saturated carbocycles. The molecule has 2 amide bonds. The second kappa shape index (κ2) is 8.74. The first-order valence-electron chi connectivity index (χ1n) is 9.22. The van der Waals surface area contributed by atoms with Crippen LogP contribution in [0.1, 0.15) is 10.4 Å². The number of nitrogens with one attached hydrogen (secondary N) is 2. The molecule has 3 aromatic rings. The van der Waals surface area contributed by atoms with Crippen LogP contribution in [0.15, 0.2) is 36.0 Å². The molecular weight excluding hydrogens is 427 g/mol. The first-order chi connectivity index (χ1) is 14.9. The number of aromatic nitrogens is 2. The average molecular weight is 446 g/mol. The third-order valence-corrected chi connectivity index (χ3v) is 5.26. The minimum atomic E-state index is -0.923. The Morgan fingerprint density at radius 2 is 2.23 bits per heavy atom. The number of carbonyl (C=O) groups is 2. The summed E-state index contributed by atoms with van der Waals surface area (Å²) in [5, 5.41) is 7.29. The van der Waals surface area contributed by atoms with Crippen molar-refractivity contribution in [3.05, 3.63) is 47.4 Å². The number of halogens is 1. The van der Waals surface area contributed by atoms with Gasteiger partial charge < -0.3 is 29.4 Å². The molecule has 1 aromatic carbocycles. The second-order valence-corrected chi connectivity index (χ2v) is 7.62. The first-order valence-corrected chi connectivity index (χ1v) is 10.1. The maximum Gasteiger partial charge on any atom is 0.253 e. The van der Waals surface area contributed by atoms with Crippen molar-refractivity contribution in [2.24, 2.45) is 7.05 Å². The van der Waals surface area contributed by atoms with Gasteiger partial charge in [0.05, 0.1) is 17.9 Å². The Balaban J connectivity index is 1.45. The predicted molar refractivity (Wildman–Crippen MR) is 111 cm³/mol. The second-order valence-electron chi connectivity index (χ2n) is 6.77. The van der Waals surface area contributed by atoms with E-state index in [0.717, 1.165) is 0 Å². The van der Waals surface area contributed by atoms with Crippen molar-refractivity contribution in [2.75, 3.05) is 25.8 Å². The Morgan fingerprint density at radius 3 is 2.97 bits per heavy atom. The fourth-order valence-corrected chi connectivity index (χ4v) is 3.72. The van der Waals surface area contributed by atoms with Gasteiger partial charge in [-0.25, -0.2) is 9.37 Å². The first kappa shape index (κ1) is 20.8. The van der Waals surface area contributed by atoms with Crippen LogP contribution in [0.25, 0.3) is 11.3 Å². The van der Waals surface area contributed by atoms with Crippen molar-refractivity contribution in [3.63, 3.8) is 0 Å². The third kappa shape index (κ3) is 4.52. The van der Waals surface area contributed by atoms with Gasteiger partial charge in [0.1, 0.15) is 6.04 Å². The zero-order valence-electron chi connectivity index (χ0n) is 16.7. The number of rotatable bonds is 7. The molecule has 3 heterocycles. The molecule has 0 fully saturated rings. The van der Waals surface area contributed by atoms with Crippen LogP contribution in [0, 0.1) is 5.82 Å². The molecule has 0 radical (unpaired) electrons. The average Bonchev–Trinajstić information content (AvgIpc) is 3.48. The van der Waals surface area contributed by atoms with Crippen LogP contribution in [0.3, 0.4) is 0 Å². The molecule has 1 unspecified atom stereocenters. The van der Waals surface area contributed by atoms with E-state index >= 15 is 0 Å². The number of thiazole rings is 1. The molecule has 2 N–H and O–H groups in total. The summed E-state index contributed by atoms with van der Waals surface area (Å²) >= 11 is 1.17. The lowest BCUT2D eigenvalue weighted by molar-refractivity contribution is -0.119. The summed E-state index contributed by atoms with van der Waals surface area (Å²) in [6.45, 7) is -0.0559. The Bertz CT molecular complexity index is 1130. The van der Waals surface area contributed by atoms with Gasteiger partial charge in [0.2, 0.25) is 12.5 Å². The summed E-state index contributed by atoms with van der Waals surface area (Å²) in [6, 6.07) is 3.64. The number of hydrogen-bond donors (Lipinski definition) is 2. The van der Waals surface area contributed by atoms with E-state index < -0.39 is 23.7 Å². The highest BCUT2D eigenvalue weighted by Gasteiger charge is 2.24. The Morgan fingerprint density at radius 1 is 1.39 bits per heavy atom. The monoisotopic (exact) mass is 446 g/mol. The number of benzene rings is 1. The van der Waals surface area contributed by atoms with E-state index in [1.807, 2.05) is 0 Å². The normalized spacial score (nSPS) is 13.1. The molecule has 0 spiro atoms. The van der Waals surface area contributed by atoms with Gasteiger partial charge in [-0.3, -0.25) is 9.59 Å². The SMILES string of the molecule is COCC(NC(=O)c1ccn(C)c1)C(=O)Nc1nc(-c2cc(F)c3c(c2)OCO3)cs1. The van der Waals surface area contributed by atoms with E-state index in [2.05, 4.69) is 15.6 Å². The molecule has 0 bridgehead atoms. The minimum absolute atomic E-state index is 0.0178. The topological polar surface area (TPSA) is 104 Å². The molecule has 11 heteroatoms. The number of amides is 2.